The fourth-order valence-electron chi connectivity index (χ4n) is 2.45. The lowest BCUT2D eigenvalue weighted by Gasteiger charge is -2.23. The minimum atomic E-state index is -3.72. The molecular weight excluding hydrogens is 282 g/mol. The maximum absolute atomic E-state index is 12.3. The molecule has 1 aliphatic rings. The number of nitrogens with two attached hydrogens (primary N) is 1. The Morgan fingerprint density at radius 2 is 2.35 bits per heavy atom. The van der Waals surface area contributed by atoms with E-state index in [2.05, 4.69) is 15.0 Å². The molecule has 20 heavy (non-hydrogen) atoms. The molecule has 0 saturated heterocycles. The number of fused-ring (bicyclic) bond motifs is 1. The van der Waals surface area contributed by atoms with E-state index in [1.165, 1.54) is 6.92 Å². The van der Waals surface area contributed by atoms with E-state index in [0.29, 0.717) is 19.4 Å². The van der Waals surface area contributed by atoms with Crippen LogP contribution in [0.1, 0.15) is 17.9 Å². The van der Waals surface area contributed by atoms with Crippen molar-refractivity contribution < 1.29 is 12.9 Å². The summed E-state index contributed by atoms with van der Waals surface area (Å²) in [6.45, 7) is 2.21. The van der Waals surface area contributed by atoms with Gasteiger partial charge in [-0.3, -0.25) is 4.68 Å². The van der Waals surface area contributed by atoms with E-state index >= 15 is 0 Å². The molecule has 0 aliphatic carbocycles. The maximum Gasteiger partial charge on any atom is 0.248 e. The Balaban J connectivity index is 1.82. The number of nitrogens with one attached hydrogen (secondary N) is 1. The Labute approximate surface area is 116 Å². The van der Waals surface area contributed by atoms with Crippen molar-refractivity contribution >= 4 is 15.8 Å². The smallest absolute Gasteiger partial charge is 0.248 e. The minimum Gasteiger partial charge on any atom is -0.380 e. The zero-order valence-electron chi connectivity index (χ0n) is 10.9. The van der Waals surface area contributed by atoms with Crippen LogP contribution in [0.25, 0.3) is 0 Å². The molecule has 0 fully saturated rings. The third kappa shape index (κ3) is 2.18. The third-order valence-electron chi connectivity index (χ3n) is 3.37. The Bertz CT molecular complexity index is 714. The van der Waals surface area contributed by atoms with E-state index in [-0.39, 0.29) is 22.5 Å². The van der Waals surface area contributed by atoms with Crippen molar-refractivity contribution in [3.05, 3.63) is 23.7 Å². The lowest BCUT2D eigenvalue weighted by Crippen LogP contribution is -2.40. The number of anilines is 1. The first-order valence-electron chi connectivity index (χ1n) is 6.22. The average molecular weight is 297 g/mol. The van der Waals surface area contributed by atoms with Crippen LogP contribution >= 0.6 is 0 Å². The van der Waals surface area contributed by atoms with Gasteiger partial charge in [0, 0.05) is 30.9 Å². The summed E-state index contributed by atoms with van der Waals surface area (Å²) in [7, 11) is -3.72. The summed E-state index contributed by atoms with van der Waals surface area (Å²) in [4.78, 5) is -0.0726. The third-order valence-corrected chi connectivity index (χ3v) is 5.05. The Morgan fingerprint density at radius 3 is 3.05 bits per heavy atom. The van der Waals surface area contributed by atoms with Crippen molar-refractivity contribution in [1.82, 2.24) is 19.7 Å². The molecule has 2 aromatic heterocycles. The molecule has 3 heterocycles. The molecule has 9 heteroatoms. The van der Waals surface area contributed by atoms with Gasteiger partial charge >= 0.3 is 0 Å². The number of hydrogen-bond donors (Lipinski definition) is 2. The van der Waals surface area contributed by atoms with Gasteiger partial charge in [0.05, 0.1) is 0 Å². The summed E-state index contributed by atoms with van der Waals surface area (Å²) in [6, 6.07) is 1.71. The Hall–Kier alpha value is -1.87. The molecule has 0 amide bonds. The topological polar surface area (TPSA) is 116 Å². The molecule has 0 saturated carbocycles. The van der Waals surface area contributed by atoms with Crippen LogP contribution in [0.5, 0.6) is 0 Å². The molecule has 1 unspecified atom stereocenters. The van der Waals surface area contributed by atoms with Crippen molar-refractivity contribution in [3.8, 4) is 0 Å². The van der Waals surface area contributed by atoms with E-state index in [0.717, 1.165) is 5.69 Å². The quantitative estimate of drug-likeness (QED) is 0.827. The predicted octanol–water partition coefficient (Wildman–Crippen LogP) is 0.0550. The molecule has 3 rings (SSSR count). The molecule has 0 radical (unpaired) electrons. The fraction of sp³-hybridized carbons (Fsp3) is 0.455. The van der Waals surface area contributed by atoms with Gasteiger partial charge in [-0.2, -0.15) is 5.10 Å². The number of hydrogen-bond acceptors (Lipinski definition) is 6. The van der Waals surface area contributed by atoms with Crippen molar-refractivity contribution in [2.24, 2.45) is 0 Å². The van der Waals surface area contributed by atoms with Crippen LogP contribution in [0.4, 0.5) is 5.82 Å². The lowest BCUT2D eigenvalue weighted by atomic mass is 10.1. The molecule has 0 spiro atoms. The summed E-state index contributed by atoms with van der Waals surface area (Å²) in [5.41, 5.74) is 6.57. The summed E-state index contributed by atoms with van der Waals surface area (Å²) in [6.07, 6.45) is 3.00. The number of sulfonamides is 1. The standard InChI is InChI=1S/C11H15N5O3S/c1-7-10(11(12)14-19-7)20(17,18)15-8-3-5-16-9(6-8)2-4-13-16/h2,4,8,15H,3,5-6H2,1H3,(H2,12,14). The highest BCUT2D eigenvalue weighted by Gasteiger charge is 2.29. The maximum atomic E-state index is 12.3. The summed E-state index contributed by atoms with van der Waals surface area (Å²) >= 11 is 0. The second-order valence-electron chi connectivity index (χ2n) is 4.81. The molecule has 0 bridgehead atoms. The van der Waals surface area contributed by atoms with E-state index in [4.69, 9.17) is 10.3 Å². The molecular formula is C11H15N5O3S. The van der Waals surface area contributed by atoms with Crippen LogP contribution in [0.15, 0.2) is 21.7 Å². The average Bonchev–Trinajstić information content (AvgIpc) is 2.95. The van der Waals surface area contributed by atoms with E-state index in [9.17, 15) is 8.42 Å². The number of rotatable bonds is 3. The predicted molar refractivity (Wildman–Crippen MR) is 70.3 cm³/mol. The molecule has 2 aromatic rings. The summed E-state index contributed by atoms with van der Waals surface area (Å²) in [5.74, 6) is 0.0757. The summed E-state index contributed by atoms with van der Waals surface area (Å²) < 4.78 is 34.0. The zero-order chi connectivity index (χ0) is 14.3. The van der Waals surface area contributed by atoms with Gasteiger partial charge in [0.2, 0.25) is 10.0 Å². The van der Waals surface area contributed by atoms with Gasteiger partial charge < -0.3 is 10.3 Å². The lowest BCUT2D eigenvalue weighted by molar-refractivity contribution is 0.395. The first-order chi connectivity index (χ1) is 9.47. The van der Waals surface area contributed by atoms with Crippen LogP contribution in [0.3, 0.4) is 0 Å². The largest absolute Gasteiger partial charge is 0.380 e. The van der Waals surface area contributed by atoms with Gasteiger partial charge in [-0.1, -0.05) is 5.16 Å². The highest BCUT2D eigenvalue weighted by molar-refractivity contribution is 7.89. The van der Waals surface area contributed by atoms with Gasteiger partial charge in [0.15, 0.2) is 16.5 Å². The minimum absolute atomic E-state index is 0.0726. The van der Waals surface area contributed by atoms with Gasteiger partial charge in [-0.05, 0) is 19.4 Å². The first-order valence-corrected chi connectivity index (χ1v) is 7.70. The van der Waals surface area contributed by atoms with E-state index in [1.54, 1.807) is 6.20 Å². The van der Waals surface area contributed by atoms with Crippen molar-refractivity contribution in [3.63, 3.8) is 0 Å². The number of nitrogen functional groups attached to an aromatic ring is 1. The van der Waals surface area contributed by atoms with Crippen LogP contribution in [0, 0.1) is 6.92 Å². The molecule has 0 aromatic carbocycles. The summed E-state index contributed by atoms with van der Waals surface area (Å²) in [5, 5.41) is 7.63. The SMILES string of the molecule is Cc1onc(N)c1S(=O)(=O)NC1CCn2nccc2C1. The highest BCUT2D eigenvalue weighted by atomic mass is 32.2. The number of nitrogens with zero attached hydrogens (tertiary/aromatic N) is 3. The van der Waals surface area contributed by atoms with Crippen LogP contribution < -0.4 is 10.5 Å². The highest BCUT2D eigenvalue weighted by Crippen LogP contribution is 2.23. The van der Waals surface area contributed by atoms with Crippen LogP contribution in [-0.2, 0) is 23.0 Å². The van der Waals surface area contributed by atoms with Gasteiger partial charge in [0.1, 0.15) is 0 Å². The monoisotopic (exact) mass is 297 g/mol. The number of aryl methyl sites for hydroxylation is 2. The van der Waals surface area contributed by atoms with E-state index < -0.39 is 10.0 Å². The van der Waals surface area contributed by atoms with Crippen LogP contribution in [-0.4, -0.2) is 29.4 Å². The van der Waals surface area contributed by atoms with Crippen molar-refractivity contribution in [2.45, 2.75) is 37.2 Å². The Morgan fingerprint density at radius 1 is 1.55 bits per heavy atom. The van der Waals surface area contributed by atoms with Crippen molar-refractivity contribution in [2.75, 3.05) is 5.73 Å². The first kappa shape index (κ1) is 13.1. The second-order valence-corrected chi connectivity index (χ2v) is 6.46. The fourth-order valence-corrected chi connectivity index (χ4v) is 3.94. The molecule has 108 valence electrons. The zero-order valence-corrected chi connectivity index (χ0v) is 11.7. The molecule has 1 aliphatic heterocycles. The normalized spacial score (nSPS) is 18.9. The number of aromatic nitrogens is 3. The second kappa shape index (κ2) is 4.60. The van der Waals surface area contributed by atoms with Crippen LogP contribution in [0.2, 0.25) is 0 Å². The van der Waals surface area contributed by atoms with Gasteiger partial charge in [-0.15, -0.1) is 0 Å². The van der Waals surface area contributed by atoms with Gasteiger partial charge in [-0.25, -0.2) is 13.1 Å². The molecule has 8 nitrogen and oxygen atoms in total. The molecule has 1 atom stereocenters. The van der Waals surface area contributed by atoms with E-state index in [1.807, 2.05) is 10.7 Å². The molecule has 3 N–H and O–H groups in total. The van der Waals surface area contributed by atoms with Gasteiger partial charge in [0.25, 0.3) is 0 Å². The Kier molecular flexibility index (Phi) is 3.02. The van der Waals surface area contributed by atoms with Crippen molar-refractivity contribution in [1.29, 1.82) is 0 Å².